The van der Waals surface area contributed by atoms with Crippen LogP contribution in [0.5, 0.6) is 5.75 Å². The Labute approximate surface area is 216 Å². The van der Waals surface area contributed by atoms with Gasteiger partial charge in [-0.25, -0.2) is 0 Å². The van der Waals surface area contributed by atoms with Gasteiger partial charge in [0.05, 0.1) is 22.5 Å². The number of aliphatic hydroxyl groups excluding tert-OH is 1. The fourth-order valence-electron chi connectivity index (χ4n) is 2.63. The Hall–Kier alpha value is -0.290. The molecule has 4 N–H and O–H groups in total. The number of ether oxygens (including phenoxy) is 2. The number of aliphatic hydroxyl groups is 1. The molecule has 30 heavy (non-hydrogen) atoms. The molecule has 1 aromatic carbocycles. The van der Waals surface area contributed by atoms with Crippen molar-refractivity contribution in [3.8, 4) is 5.75 Å². The number of phenolic OH excluding ortho intramolecular Hbond substituents is 1. The van der Waals surface area contributed by atoms with Crippen LogP contribution >= 0.6 is 0 Å². The van der Waals surface area contributed by atoms with Gasteiger partial charge in [-0.05, 0) is 24.3 Å². The van der Waals surface area contributed by atoms with Crippen molar-refractivity contribution in [1.29, 1.82) is 0 Å². The summed E-state index contributed by atoms with van der Waals surface area (Å²) in [4.78, 5) is 11.1. The molecule has 0 heterocycles. The summed E-state index contributed by atoms with van der Waals surface area (Å²) in [7, 11) is -7.58. The van der Waals surface area contributed by atoms with Crippen molar-refractivity contribution in [3.63, 3.8) is 0 Å². The van der Waals surface area contributed by atoms with Crippen LogP contribution in [-0.4, -0.2) is 121 Å². The smallest absolute Gasteiger partial charge is 0.296 e. The molecule has 0 saturated carbocycles. The predicted octanol–water partition coefficient (Wildman–Crippen LogP) is 0.0366. The van der Waals surface area contributed by atoms with E-state index in [1.165, 1.54) is 0 Å². The zero-order valence-electron chi connectivity index (χ0n) is 16.5. The molecule has 11 nitrogen and oxygen atoms in total. The number of benzene rings is 1. The van der Waals surface area contributed by atoms with Gasteiger partial charge in [0.15, 0.2) is 5.78 Å². The van der Waals surface area contributed by atoms with Crippen molar-refractivity contribution in [2.24, 2.45) is 0 Å². The normalized spacial score (nSPS) is 16.2. The summed E-state index contributed by atoms with van der Waals surface area (Å²) >= 11 is 0. The number of hydrogen-bond acceptors (Lipinski definition) is 9. The number of allylic oxidation sites excluding steroid dienone is 2. The number of rotatable bonds is 6. The van der Waals surface area contributed by atoms with E-state index < -0.39 is 70.7 Å². The molecule has 15 heteroatoms. The summed E-state index contributed by atoms with van der Waals surface area (Å²) in [6, 6.07) is 2.29. The summed E-state index contributed by atoms with van der Waals surface area (Å²) in [5, 5.41) is 20.1. The number of methoxy groups -OCH3 is 2. The topological polar surface area (TPSA) is 185 Å². The van der Waals surface area contributed by atoms with Crippen molar-refractivity contribution in [1.82, 2.24) is 0 Å². The van der Waals surface area contributed by atoms with Crippen LogP contribution in [0.1, 0.15) is 16.8 Å². The number of hydrogen-bond donors (Lipinski definition) is 4. The Bertz CT molecular complexity index is 1100. The summed E-state index contributed by atoms with van der Waals surface area (Å²) in [5.41, 5.74) is -1.31. The Morgan fingerprint density at radius 2 is 1.53 bits per heavy atom. The average Bonchev–Trinajstić information content (AvgIpc) is 2.59. The SMILES string of the molecule is COC1(OC)CC(O)=C(C(=O)c2cc(S(=O)(=O)O)ccc2O)C=C1S(=O)(=O)O.[Na].[Na]. The quantitative estimate of drug-likeness (QED) is 0.186. The summed E-state index contributed by atoms with van der Waals surface area (Å²) in [6.45, 7) is 0. The van der Waals surface area contributed by atoms with E-state index >= 15 is 0 Å². The maximum Gasteiger partial charge on any atom is 0.296 e. The van der Waals surface area contributed by atoms with Gasteiger partial charge in [-0.1, -0.05) is 0 Å². The van der Waals surface area contributed by atoms with Crippen LogP contribution in [0.15, 0.2) is 45.4 Å². The van der Waals surface area contributed by atoms with Gasteiger partial charge in [0.25, 0.3) is 20.2 Å². The van der Waals surface area contributed by atoms with Crippen LogP contribution in [0.25, 0.3) is 0 Å². The van der Waals surface area contributed by atoms with Crippen molar-refractivity contribution in [3.05, 3.63) is 46.1 Å². The van der Waals surface area contributed by atoms with E-state index in [1.807, 2.05) is 0 Å². The molecule has 156 valence electrons. The van der Waals surface area contributed by atoms with Crippen LogP contribution in [0.2, 0.25) is 0 Å². The molecule has 0 aliphatic heterocycles. The molecule has 0 unspecified atom stereocenters. The molecule has 0 saturated heterocycles. The first-order valence-electron chi connectivity index (χ1n) is 7.34. The number of ketones is 1. The van der Waals surface area contributed by atoms with Crippen molar-refractivity contribution < 1.29 is 50.4 Å². The second-order valence-corrected chi connectivity index (χ2v) is 8.48. The van der Waals surface area contributed by atoms with Crippen LogP contribution < -0.4 is 0 Å². The van der Waals surface area contributed by atoms with E-state index in [0.717, 1.165) is 26.4 Å². The zero-order valence-corrected chi connectivity index (χ0v) is 22.1. The largest absolute Gasteiger partial charge is 0.511 e. The second-order valence-electron chi connectivity index (χ2n) is 5.67. The van der Waals surface area contributed by atoms with Crippen LogP contribution in [-0.2, 0) is 29.7 Å². The summed E-state index contributed by atoms with van der Waals surface area (Å²) in [5.74, 6) is -4.70. The number of aromatic hydroxyl groups is 1. The van der Waals surface area contributed by atoms with Crippen molar-refractivity contribution >= 4 is 85.1 Å². The van der Waals surface area contributed by atoms with E-state index in [9.17, 15) is 36.4 Å². The average molecular weight is 482 g/mol. The molecule has 0 fully saturated rings. The second kappa shape index (κ2) is 10.6. The van der Waals surface area contributed by atoms with Crippen LogP contribution in [0.3, 0.4) is 0 Å². The first-order valence-corrected chi connectivity index (χ1v) is 10.2. The Kier molecular flexibility index (Phi) is 10.4. The molecule has 0 spiro atoms. The van der Waals surface area contributed by atoms with Gasteiger partial charge in [0.1, 0.15) is 16.4 Å². The molecular formula is C15H16Na2O11S2. The number of carbonyl (C=O) groups is 1. The molecular weight excluding hydrogens is 466 g/mol. The van der Waals surface area contributed by atoms with Gasteiger partial charge >= 0.3 is 0 Å². The molecule has 1 aromatic rings. The monoisotopic (exact) mass is 482 g/mol. The predicted molar refractivity (Wildman–Crippen MR) is 104 cm³/mol. The van der Waals surface area contributed by atoms with E-state index in [2.05, 4.69) is 0 Å². The van der Waals surface area contributed by atoms with Gasteiger partial charge in [-0.15, -0.1) is 0 Å². The molecule has 1 aliphatic carbocycles. The van der Waals surface area contributed by atoms with E-state index in [1.54, 1.807) is 0 Å². The third-order valence-corrected chi connectivity index (χ3v) is 5.89. The summed E-state index contributed by atoms with van der Waals surface area (Å²) < 4.78 is 74.4. The first-order chi connectivity index (χ1) is 12.8. The van der Waals surface area contributed by atoms with Crippen molar-refractivity contribution in [2.45, 2.75) is 17.1 Å². The zero-order chi connectivity index (χ0) is 21.5. The van der Waals surface area contributed by atoms with Gasteiger partial charge in [0, 0.05) is 73.3 Å². The molecule has 0 aromatic heterocycles. The van der Waals surface area contributed by atoms with Crippen molar-refractivity contribution in [2.75, 3.05) is 14.2 Å². The van der Waals surface area contributed by atoms with Gasteiger partial charge in [-0.2, -0.15) is 16.8 Å². The molecule has 2 rings (SSSR count). The number of phenols is 1. The Morgan fingerprint density at radius 1 is 1.00 bits per heavy atom. The van der Waals surface area contributed by atoms with E-state index in [-0.39, 0.29) is 59.1 Å². The third kappa shape index (κ3) is 5.94. The molecule has 0 atom stereocenters. The fraction of sp³-hybridized carbons (Fsp3) is 0.267. The maximum atomic E-state index is 12.7. The van der Waals surface area contributed by atoms with Crippen LogP contribution in [0, 0.1) is 0 Å². The van der Waals surface area contributed by atoms with Gasteiger partial charge in [0.2, 0.25) is 5.79 Å². The first kappa shape index (κ1) is 29.7. The minimum Gasteiger partial charge on any atom is -0.511 e. The van der Waals surface area contributed by atoms with E-state index in [4.69, 9.17) is 14.0 Å². The van der Waals surface area contributed by atoms with Crippen LogP contribution in [0.4, 0.5) is 0 Å². The number of carbonyl (C=O) groups excluding carboxylic acids is 1. The molecule has 2 radical (unpaired) electrons. The fourth-order valence-corrected chi connectivity index (χ4v) is 4.03. The minimum atomic E-state index is -4.96. The summed E-state index contributed by atoms with van der Waals surface area (Å²) in [6.07, 6.45) is -0.103. The van der Waals surface area contributed by atoms with Gasteiger partial charge < -0.3 is 19.7 Å². The van der Waals surface area contributed by atoms with E-state index in [0.29, 0.717) is 12.1 Å². The minimum absolute atomic E-state index is 0. The number of Topliss-reactive ketones (excluding diaryl/α,β-unsaturated/α-hetero) is 1. The third-order valence-electron chi connectivity index (χ3n) is 4.05. The standard InChI is InChI=1S/C15H16O11S2.2Na/c1-25-15(26-2)7-12(17)10(6-13(15)28(22,23)24)14(18)9-5-8(27(19,20)21)3-4-11(9)16;;/h3-6,16-17H,7H2,1-2H3,(H,19,20,21)(H,22,23,24);;. The molecule has 0 amide bonds. The Balaban J connectivity index is 0.00000420. The maximum absolute atomic E-state index is 12.7. The molecule has 1 aliphatic rings. The molecule has 0 bridgehead atoms. The van der Waals surface area contributed by atoms with Gasteiger partial charge in [-0.3, -0.25) is 13.9 Å². The Morgan fingerprint density at radius 3 is 1.97 bits per heavy atom.